The summed E-state index contributed by atoms with van der Waals surface area (Å²) in [5.41, 5.74) is 0.953. The maximum atomic E-state index is 11.5. The van der Waals surface area contributed by atoms with Crippen LogP contribution in [0.4, 0.5) is 0 Å². The summed E-state index contributed by atoms with van der Waals surface area (Å²) >= 11 is 6.18. The lowest BCUT2D eigenvalue weighted by molar-refractivity contribution is -0.126. The average Bonchev–Trinajstić information content (AvgIpc) is 2.40. The highest BCUT2D eigenvalue weighted by Crippen LogP contribution is 2.29. The molecule has 1 amide bonds. The Kier molecular flexibility index (Phi) is 6.82. The van der Waals surface area contributed by atoms with Crippen molar-refractivity contribution in [2.45, 2.75) is 33.4 Å². The molecular weight excluding hydrogens is 276 g/mol. The van der Waals surface area contributed by atoms with E-state index in [0.29, 0.717) is 23.2 Å². The number of rotatable bonds is 7. The predicted octanol–water partition coefficient (Wildman–Crippen LogP) is 2.60. The molecule has 0 heterocycles. The molecule has 0 aliphatic rings. The molecule has 0 aliphatic carbocycles. The molecule has 4 nitrogen and oxygen atoms in total. The zero-order valence-corrected chi connectivity index (χ0v) is 13.3. The van der Waals surface area contributed by atoms with Crippen LogP contribution in [0.5, 0.6) is 5.75 Å². The fourth-order valence-corrected chi connectivity index (χ4v) is 1.99. The van der Waals surface area contributed by atoms with Gasteiger partial charge < -0.3 is 15.4 Å². The van der Waals surface area contributed by atoms with Gasteiger partial charge in [0.2, 0.25) is 0 Å². The number of carbonyl (C=O) groups is 1. The van der Waals surface area contributed by atoms with Crippen LogP contribution in [0.1, 0.15) is 26.3 Å². The van der Waals surface area contributed by atoms with E-state index in [1.165, 1.54) is 0 Å². The van der Waals surface area contributed by atoms with Crippen LogP contribution in [0.25, 0.3) is 0 Å². The fraction of sp³-hybridized carbons (Fsp3) is 0.533. The highest BCUT2D eigenvalue weighted by atomic mass is 35.5. The second kappa shape index (κ2) is 8.12. The molecule has 0 aliphatic heterocycles. The van der Waals surface area contributed by atoms with E-state index in [0.717, 1.165) is 12.1 Å². The first-order valence-corrected chi connectivity index (χ1v) is 7.19. The molecule has 0 saturated heterocycles. The van der Waals surface area contributed by atoms with Gasteiger partial charge in [0, 0.05) is 19.2 Å². The monoisotopic (exact) mass is 298 g/mol. The van der Waals surface area contributed by atoms with Crippen LogP contribution in [-0.4, -0.2) is 25.6 Å². The Morgan fingerprint density at radius 3 is 2.65 bits per heavy atom. The van der Waals surface area contributed by atoms with Gasteiger partial charge in [0.15, 0.2) is 6.10 Å². The fourth-order valence-electron chi connectivity index (χ4n) is 1.75. The molecule has 0 bridgehead atoms. The summed E-state index contributed by atoms with van der Waals surface area (Å²) in [7, 11) is 1.58. The van der Waals surface area contributed by atoms with Gasteiger partial charge in [0.05, 0.1) is 5.02 Å². The van der Waals surface area contributed by atoms with Gasteiger partial charge in [-0.3, -0.25) is 4.79 Å². The lowest BCUT2D eigenvalue weighted by Gasteiger charge is -2.18. The number of nitrogens with one attached hydrogen (secondary N) is 2. The summed E-state index contributed by atoms with van der Waals surface area (Å²) in [6.45, 7) is 7.57. The van der Waals surface area contributed by atoms with Crippen molar-refractivity contribution in [3.05, 3.63) is 28.8 Å². The van der Waals surface area contributed by atoms with Gasteiger partial charge in [-0.25, -0.2) is 0 Å². The maximum absolute atomic E-state index is 11.5. The van der Waals surface area contributed by atoms with E-state index in [1.807, 2.05) is 12.1 Å². The molecule has 1 rings (SSSR count). The summed E-state index contributed by atoms with van der Waals surface area (Å²) in [5, 5.41) is 6.42. The first-order valence-electron chi connectivity index (χ1n) is 6.82. The molecule has 0 fully saturated rings. The Hall–Kier alpha value is -1.26. The first kappa shape index (κ1) is 16.8. The van der Waals surface area contributed by atoms with Crippen molar-refractivity contribution in [2.75, 3.05) is 13.6 Å². The van der Waals surface area contributed by atoms with Gasteiger partial charge in [-0.05, 0) is 25.5 Å². The van der Waals surface area contributed by atoms with Crippen LogP contribution in [0.2, 0.25) is 5.02 Å². The highest BCUT2D eigenvalue weighted by Gasteiger charge is 2.17. The Labute approximate surface area is 125 Å². The molecule has 0 spiro atoms. The average molecular weight is 299 g/mol. The van der Waals surface area contributed by atoms with Crippen LogP contribution in [-0.2, 0) is 11.3 Å². The summed E-state index contributed by atoms with van der Waals surface area (Å²) in [6, 6.07) is 5.59. The normalized spacial score (nSPS) is 12.3. The van der Waals surface area contributed by atoms with E-state index in [2.05, 4.69) is 24.5 Å². The Morgan fingerprint density at radius 1 is 1.35 bits per heavy atom. The molecule has 1 aromatic carbocycles. The number of carbonyl (C=O) groups excluding carboxylic acids is 1. The molecule has 0 radical (unpaired) electrons. The zero-order chi connectivity index (χ0) is 15.1. The maximum Gasteiger partial charge on any atom is 0.260 e. The zero-order valence-electron chi connectivity index (χ0n) is 12.5. The van der Waals surface area contributed by atoms with Gasteiger partial charge in [-0.1, -0.05) is 37.6 Å². The molecule has 112 valence electrons. The summed E-state index contributed by atoms with van der Waals surface area (Å²) in [4.78, 5) is 11.5. The van der Waals surface area contributed by atoms with Gasteiger partial charge in [0.1, 0.15) is 5.75 Å². The summed E-state index contributed by atoms with van der Waals surface area (Å²) in [6.07, 6.45) is -0.580. The molecule has 5 heteroatoms. The number of likely N-dealkylation sites (N-methyl/N-ethyl adjacent to an activating group) is 1. The summed E-state index contributed by atoms with van der Waals surface area (Å²) in [5.74, 6) is 0.968. The Morgan fingerprint density at radius 2 is 2.05 bits per heavy atom. The highest BCUT2D eigenvalue weighted by molar-refractivity contribution is 6.32. The molecular formula is C15H23ClN2O2. The van der Waals surface area contributed by atoms with Crippen molar-refractivity contribution in [1.82, 2.24) is 10.6 Å². The number of ether oxygens (including phenoxy) is 1. The number of halogens is 1. The van der Waals surface area contributed by atoms with Gasteiger partial charge in [0.25, 0.3) is 5.91 Å². The van der Waals surface area contributed by atoms with E-state index < -0.39 is 6.10 Å². The van der Waals surface area contributed by atoms with Gasteiger partial charge in [-0.15, -0.1) is 0 Å². The molecule has 0 aromatic heterocycles. The van der Waals surface area contributed by atoms with Crippen LogP contribution in [0.3, 0.4) is 0 Å². The van der Waals surface area contributed by atoms with Crippen LogP contribution >= 0.6 is 11.6 Å². The number of hydrogen-bond donors (Lipinski definition) is 2. The molecule has 1 atom stereocenters. The minimum Gasteiger partial charge on any atom is -0.479 e. The standard InChI is InChI=1S/C15H23ClN2O2/c1-10(2)8-18-9-12-6-5-7-13(16)14(12)20-11(3)15(19)17-4/h5-7,10-11,18H,8-9H2,1-4H3,(H,17,19). The molecule has 0 saturated carbocycles. The minimum atomic E-state index is -0.580. The quantitative estimate of drug-likeness (QED) is 0.813. The van der Waals surface area contributed by atoms with Crippen molar-refractivity contribution in [3.8, 4) is 5.75 Å². The smallest absolute Gasteiger partial charge is 0.260 e. The second-order valence-electron chi connectivity index (χ2n) is 5.13. The van der Waals surface area contributed by atoms with Crippen LogP contribution < -0.4 is 15.4 Å². The third-order valence-corrected chi connectivity index (χ3v) is 3.12. The second-order valence-corrected chi connectivity index (χ2v) is 5.53. The number of hydrogen-bond acceptors (Lipinski definition) is 3. The Bertz CT molecular complexity index is 449. The van der Waals surface area contributed by atoms with Crippen molar-refractivity contribution in [1.29, 1.82) is 0 Å². The topological polar surface area (TPSA) is 50.4 Å². The number of para-hydroxylation sites is 1. The number of benzene rings is 1. The van der Waals surface area contributed by atoms with E-state index in [-0.39, 0.29) is 5.91 Å². The van der Waals surface area contributed by atoms with Crippen molar-refractivity contribution >= 4 is 17.5 Å². The van der Waals surface area contributed by atoms with Crippen LogP contribution in [0.15, 0.2) is 18.2 Å². The first-order chi connectivity index (χ1) is 9.45. The minimum absolute atomic E-state index is 0.175. The van der Waals surface area contributed by atoms with Crippen LogP contribution in [0, 0.1) is 5.92 Å². The van der Waals surface area contributed by atoms with E-state index in [9.17, 15) is 4.79 Å². The lowest BCUT2D eigenvalue weighted by atomic mass is 10.1. The third-order valence-electron chi connectivity index (χ3n) is 2.83. The van der Waals surface area contributed by atoms with Gasteiger partial charge in [-0.2, -0.15) is 0 Å². The SMILES string of the molecule is CNC(=O)C(C)Oc1c(Cl)cccc1CNCC(C)C. The van der Waals surface area contributed by atoms with Crippen molar-refractivity contribution in [2.24, 2.45) is 5.92 Å². The van der Waals surface area contributed by atoms with E-state index in [4.69, 9.17) is 16.3 Å². The van der Waals surface area contributed by atoms with E-state index in [1.54, 1.807) is 20.0 Å². The molecule has 1 unspecified atom stereocenters. The van der Waals surface area contributed by atoms with Crippen molar-refractivity contribution in [3.63, 3.8) is 0 Å². The Balaban J connectivity index is 2.80. The van der Waals surface area contributed by atoms with Gasteiger partial charge >= 0.3 is 0 Å². The molecule has 20 heavy (non-hydrogen) atoms. The predicted molar refractivity (Wildman–Crippen MR) is 82.2 cm³/mol. The largest absolute Gasteiger partial charge is 0.479 e. The molecule has 2 N–H and O–H groups in total. The molecule has 1 aromatic rings. The number of amides is 1. The lowest BCUT2D eigenvalue weighted by Crippen LogP contribution is -2.34. The third kappa shape index (κ3) is 5.02. The summed E-state index contributed by atoms with van der Waals surface area (Å²) < 4.78 is 5.70. The van der Waals surface area contributed by atoms with E-state index >= 15 is 0 Å². The van der Waals surface area contributed by atoms with Crippen molar-refractivity contribution < 1.29 is 9.53 Å².